The minimum absolute atomic E-state index is 0.367. The number of carbonyl (C=O) groups excluding carboxylic acids is 1. The van der Waals surface area contributed by atoms with Crippen molar-refractivity contribution in [1.82, 2.24) is 0 Å². The summed E-state index contributed by atoms with van der Waals surface area (Å²) in [5.74, 6) is -1.28. The van der Waals surface area contributed by atoms with E-state index in [9.17, 15) is 18.0 Å². The van der Waals surface area contributed by atoms with Gasteiger partial charge in [-0.05, 0) is 35.9 Å². The normalized spacial score (nSPS) is 11.6. The molecule has 0 spiro atoms. The summed E-state index contributed by atoms with van der Waals surface area (Å²) in [6.07, 6.45) is -4.86. The van der Waals surface area contributed by atoms with Gasteiger partial charge in [0.05, 0.1) is 6.61 Å². The van der Waals surface area contributed by atoms with E-state index < -0.39 is 12.0 Å². The van der Waals surface area contributed by atoms with Gasteiger partial charge in [0.15, 0.2) is 0 Å². The maximum absolute atomic E-state index is 12.4. The summed E-state index contributed by atoms with van der Waals surface area (Å²) in [7, 11) is 0. The lowest BCUT2D eigenvalue weighted by atomic mass is 10.0. The second-order valence-electron chi connectivity index (χ2n) is 3.98. The number of hydrogen-bond acceptors (Lipinski definition) is 2. The van der Waals surface area contributed by atoms with Crippen LogP contribution >= 0.6 is 0 Å². The zero-order valence-electron chi connectivity index (χ0n) is 10.1. The van der Waals surface area contributed by atoms with Gasteiger partial charge in [-0.25, -0.2) is 0 Å². The summed E-state index contributed by atoms with van der Waals surface area (Å²) >= 11 is 0. The molecule has 0 fully saturated rings. The van der Waals surface area contributed by atoms with E-state index in [1.807, 2.05) is 6.92 Å². The van der Waals surface area contributed by atoms with Crippen LogP contribution in [0.15, 0.2) is 36.4 Å². The van der Waals surface area contributed by atoms with E-state index >= 15 is 0 Å². The molecule has 0 saturated heterocycles. The second-order valence-corrected chi connectivity index (χ2v) is 3.98. The fraction of sp³-hybridized carbons (Fsp3) is 0.214. The van der Waals surface area contributed by atoms with Crippen LogP contribution in [-0.2, 0) is 0 Å². The Morgan fingerprint density at radius 2 is 1.79 bits per heavy atom. The number of hydrogen-bond donors (Lipinski definition) is 0. The van der Waals surface area contributed by atoms with E-state index in [4.69, 9.17) is 4.74 Å². The van der Waals surface area contributed by atoms with Gasteiger partial charge in [0.25, 0.3) is 5.78 Å². The number of halogens is 3. The first-order valence-electron chi connectivity index (χ1n) is 5.70. The Morgan fingerprint density at radius 1 is 1.11 bits per heavy atom. The molecule has 0 aromatic heterocycles. The van der Waals surface area contributed by atoms with Gasteiger partial charge < -0.3 is 4.74 Å². The molecule has 0 aliphatic heterocycles. The molecule has 0 bridgehead atoms. The smallest absolute Gasteiger partial charge is 0.454 e. The Balaban J connectivity index is 2.46. The predicted molar refractivity (Wildman–Crippen MR) is 65.5 cm³/mol. The summed E-state index contributed by atoms with van der Waals surface area (Å²) in [5, 5.41) is 1.29. The highest BCUT2D eigenvalue weighted by Crippen LogP contribution is 2.26. The number of fused-ring (bicyclic) bond motifs is 1. The molecule has 0 heterocycles. The molecule has 0 saturated carbocycles. The fourth-order valence-corrected chi connectivity index (χ4v) is 1.79. The van der Waals surface area contributed by atoms with E-state index in [0.29, 0.717) is 17.7 Å². The van der Waals surface area contributed by atoms with Gasteiger partial charge in [-0.1, -0.05) is 18.2 Å². The number of rotatable bonds is 3. The molecular weight excluding hydrogens is 257 g/mol. The van der Waals surface area contributed by atoms with Gasteiger partial charge in [-0.3, -0.25) is 4.79 Å². The lowest BCUT2D eigenvalue weighted by Gasteiger charge is -2.08. The SMILES string of the molecule is CCOc1ccc2ccc(C(=O)C(F)(F)F)cc2c1. The van der Waals surface area contributed by atoms with Gasteiger partial charge >= 0.3 is 6.18 Å². The average molecular weight is 268 g/mol. The molecule has 100 valence electrons. The van der Waals surface area contributed by atoms with Crippen molar-refractivity contribution in [2.75, 3.05) is 6.61 Å². The summed E-state index contributed by atoms with van der Waals surface area (Å²) in [4.78, 5) is 11.2. The zero-order chi connectivity index (χ0) is 14.0. The van der Waals surface area contributed by atoms with Crippen molar-refractivity contribution in [1.29, 1.82) is 0 Å². The fourth-order valence-electron chi connectivity index (χ4n) is 1.79. The minimum Gasteiger partial charge on any atom is -0.494 e. The number of carbonyl (C=O) groups is 1. The Kier molecular flexibility index (Phi) is 3.46. The first-order chi connectivity index (χ1) is 8.91. The molecule has 0 aliphatic rings. The highest BCUT2D eigenvalue weighted by atomic mass is 19.4. The van der Waals surface area contributed by atoms with Crippen LogP contribution in [0, 0.1) is 0 Å². The molecule has 2 aromatic carbocycles. The maximum atomic E-state index is 12.4. The van der Waals surface area contributed by atoms with Crippen LogP contribution in [0.1, 0.15) is 17.3 Å². The minimum atomic E-state index is -4.86. The molecule has 2 aromatic rings. The van der Waals surface area contributed by atoms with Gasteiger partial charge in [0, 0.05) is 5.56 Å². The van der Waals surface area contributed by atoms with Crippen molar-refractivity contribution in [2.45, 2.75) is 13.1 Å². The number of ether oxygens (including phenoxy) is 1. The van der Waals surface area contributed by atoms with E-state index in [0.717, 1.165) is 5.39 Å². The topological polar surface area (TPSA) is 26.3 Å². The molecule has 0 radical (unpaired) electrons. The molecular formula is C14H11F3O2. The number of ketones is 1. The third-order valence-electron chi connectivity index (χ3n) is 2.64. The van der Waals surface area contributed by atoms with Crippen LogP contribution in [0.3, 0.4) is 0 Å². The third-order valence-corrected chi connectivity index (χ3v) is 2.64. The first-order valence-corrected chi connectivity index (χ1v) is 5.70. The van der Waals surface area contributed by atoms with Crippen LogP contribution in [-0.4, -0.2) is 18.6 Å². The summed E-state index contributed by atoms with van der Waals surface area (Å²) in [6, 6.07) is 8.99. The van der Waals surface area contributed by atoms with E-state index in [1.165, 1.54) is 18.2 Å². The molecule has 0 amide bonds. The van der Waals surface area contributed by atoms with E-state index in [1.54, 1.807) is 18.2 Å². The average Bonchev–Trinajstić information content (AvgIpc) is 2.36. The van der Waals surface area contributed by atoms with Crippen LogP contribution < -0.4 is 4.74 Å². The van der Waals surface area contributed by atoms with Crippen LogP contribution in [0.2, 0.25) is 0 Å². The van der Waals surface area contributed by atoms with Gasteiger partial charge in [-0.15, -0.1) is 0 Å². The summed E-state index contributed by atoms with van der Waals surface area (Å²) in [6.45, 7) is 2.28. The van der Waals surface area contributed by atoms with Crippen molar-refractivity contribution in [3.05, 3.63) is 42.0 Å². The molecule has 19 heavy (non-hydrogen) atoms. The Bertz CT molecular complexity index is 618. The lowest BCUT2D eigenvalue weighted by molar-refractivity contribution is -0.0885. The Morgan fingerprint density at radius 3 is 2.42 bits per heavy atom. The van der Waals surface area contributed by atoms with Crippen LogP contribution in [0.5, 0.6) is 5.75 Å². The largest absolute Gasteiger partial charge is 0.494 e. The highest BCUT2D eigenvalue weighted by molar-refractivity contribution is 6.03. The van der Waals surface area contributed by atoms with Crippen LogP contribution in [0.25, 0.3) is 10.8 Å². The van der Waals surface area contributed by atoms with Gasteiger partial charge in [-0.2, -0.15) is 13.2 Å². The zero-order valence-corrected chi connectivity index (χ0v) is 10.1. The number of benzene rings is 2. The van der Waals surface area contributed by atoms with Gasteiger partial charge in [0.2, 0.25) is 0 Å². The van der Waals surface area contributed by atoms with Crippen molar-refractivity contribution < 1.29 is 22.7 Å². The summed E-state index contributed by atoms with van der Waals surface area (Å²) in [5.41, 5.74) is -0.367. The molecule has 0 atom stereocenters. The van der Waals surface area contributed by atoms with Gasteiger partial charge in [0.1, 0.15) is 5.75 Å². The number of Topliss-reactive ketones (excluding diaryl/α,β-unsaturated/α-hetero) is 1. The molecule has 0 N–H and O–H groups in total. The summed E-state index contributed by atoms with van der Waals surface area (Å²) < 4.78 is 42.4. The Hall–Kier alpha value is -2.04. The molecule has 2 rings (SSSR count). The molecule has 0 unspecified atom stereocenters. The molecule has 2 nitrogen and oxygen atoms in total. The highest BCUT2D eigenvalue weighted by Gasteiger charge is 2.39. The van der Waals surface area contributed by atoms with E-state index in [-0.39, 0.29) is 5.56 Å². The van der Waals surface area contributed by atoms with Crippen LogP contribution in [0.4, 0.5) is 13.2 Å². The maximum Gasteiger partial charge on any atom is 0.454 e. The third kappa shape index (κ3) is 2.86. The number of alkyl halides is 3. The quantitative estimate of drug-likeness (QED) is 0.787. The van der Waals surface area contributed by atoms with Crippen molar-refractivity contribution in [3.63, 3.8) is 0 Å². The van der Waals surface area contributed by atoms with E-state index in [2.05, 4.69) is 0 Å². The standard InChI is InChI=1S/C14H11F3O2/c1-2-19-12-6-5-9-3-4-10(7-11(9)8-12)13(18)14(15,16)17/h3-8H,2H2,1H3. The lowest BCUT2D eigenvalue weighted by Crippen LogP contribution is -2.22. The van der Waals surface area contributed by atoms with Crippen molar-refractivity contribution in [2.24, 2.45) is 0 Å². The second kappa shape index (κ2) is 4.91. The first kappa shape index (κ1) is 13.4. The molecule has 5 heteroatoms. The Labute approximate surface area is 107 Å². The molecule has 0 aliphatic carbocycles. The predicted octanol–water partition coefficient (Wildman–Crippen LogP) is 3.98. The van der Waals surface area contributed by atoms with Crippen molar-refractivity contribution in [3.8, 4) is 5.75 Å². The monoisotopic (exact) mass is 268 g/mol. The van der Waals surface area contributed by atoms with Crippen molar-refractivity contribution >= 4 is 16.6 Å².